The van der Waals surface area contributed by atoms with E-state index in [0.717, 1.165) is 6.42 Å². The largest absolute Gasteiger partial charge is 0.401 e. The van der Waals surface area contributed by atoms with E-state index in [1.807, 2.05) is 6.08 Å². The fraction of sp³-hybridized carbons (Fsp3) is 0.333. The zero-order chi connectivity index (χ0) is 6.85. The van der Waals surface area contributed by atoms with Gasteiger partial charge in [-0.05, 0) is 12.5 Å². The second-order valence-corrected chi connectivity index (χ2v) is 2.19. The van der Waals surface area contributed by atoms with Crippen LogP contribution in [0.2, 0.25) is 0 Å². The van der Waals surface area contributed by atoms with Crippen molar-refractivity contribution in [2.24, 2.45) is 17.2 Å². The van der Waals surface area contributed by atoms with Gasteiger partial charge in [-0.15, -0.1) is 0 Å². The van der Waals surface area contributed by atoms with E-state index in [1.54, 1.807) is 6.08 Å². The Morgan fingerprint density at radius 1 is 1.44 bits per heavy atom. The Morgan fingerprint density at radius 2 is 2.11 bits per heavy atom. The Kier molecular flexibility index (Phi) is 1.44. The quantitative estimate of drug-likeness (QED) is 0.404. The molecule has 3 heteroatoms. The maximum absolute atomic E-state index is 5.55. The highest BCUT2D eigenvalue weighted by Gasteiger charge is 2.07. The van der Waals surface area contributed by atoms with Crippen molar-refractivity contribution in [2.45, 2.75) is 12.5 Å². The highest BCUT2D eigenvalue weighted by molar-refractivity contribution is 5.27. The lowest BCUT2D eigenvalue weighted by atomic mass is 10.1. The van der Waals surface area contributed by atoms with Crippen LogP contribution in [0.3, 0.4) is 0 Å². The molecule has 1 aliphatic rings. The van der Waals surface area contributed by atoms with Gasteiger partial charge in [-0.3, -0.25) is 0 Å². The Hall–Kier alpha value is -0.960. The zero-order valence-corrected chi connectivity index (χ0v) is 5.17. The molecule has 50 valence electrons. The first-order valence-corrected chi connectivity index (χ1v) is 2.88. The van der Waals surface area contributed by atoms with Crippen LogP contribution >= 0.6 is 0 Å². The molecule has 1 atom stereocenters. The van der Waals surface area contributed by atoms with Gasteiger partial charge in [-0.1, -0.05) is 6.08 Å². The smallest absolute Gasteiger partial charge is 0.0478 e. The second-order valence-electron chi connectivity index (χ2n) is 2.19. The third kappa shape index (κ3) is 1.23. The summed E-state index contributed by atoms with van der Waals surface area (Å²) in [6.45, 7) is 0. The molecule has 0 bridgehead atoms. The van der Waals surface area contributed by atoms with Crippen LogP contribution in [0, 0.1) is 0 Å². The molecule has 0 aliphatic heterocycles. The third-order valence-corrected chi connectivity index (χ3v) is 1.37. The van der Waals surface area contributed by atoms with Gasteiger partial charge in [-0.25, -0.2) is 0 Å². The van der Waals surface area contributed by atoms with Crippen molar-refractivity contribution in [1.29, 1.82) is 0 Å². The van der Waals surface area contributed by atoms with Crippen LogP contribution in [0.15, 0.2) is 23.5 Å². The van der Waals surface area contributed by atoms with Gasteiger partial charge in [0.05, 0.1) is 0 Å². The van der Waals surface area contributed by atoms with Crippen LogP contribution < -0.4 is 17.2 Å². The summed E-state index contributed by atoms with van der Waals surface area (Å²) in [5.41, 5.74) is 17.9. The number of allylic oxidation sites excluding steroid dienone is 1. The van der Waals surface area contributed by atoms with Crippen molar-refractivity contribution >= 4 is 0 Å². The Bertz CT molecular complexity index is 169. The molecule has 0 saturated carbocycles. The molecule has 0 heterocycles. The van der Waals surface area contributed by atoms with E-state index < -0.39 is 0 Å². The van der Waals surface area contributed by atoms with E-state index in [0.29, 0.717) is 11.4 Å². The summed E-state index contributed by atoms with van der Waals surface area (Å²) in [5.74, 6) is 0. The van der Waals surface area contributed by atoms with Gasteiger partial charge in [0.1, 0.15) is 0 Å². The molecule has 3 nitrogen and oxygen atoms in total. The second kappa shape index (κ2) is 2.11. The normalized spacial score (nSPS) is 27.0. The topological polar surface area (TPSA) is 78.1 Å². The molecule has 0 saturated heterocycles. The number of hydrogen-bond donors (Lipinski definition) is 3. The standard InChI is InChI=1S/C6H11N3/c7-4-1-2-5(8)6(9)3-4/h1,3,5H,2,7-9H2. The van der Waals surface area contributed by atoms with Crippen LogP contribution in [0.5, 0.6) is 0 Å². The van der Waals surface area contributed by atoms with Crippen LogP contribution in [0.25, 0.3) is 0 Å². The first-order chi connectivity index (χ1) is 4.20. The summed E-state index contributed by atoms with van der Waals surface area (Å²) in [6.07, 6.45) is 4.34. The van der Waals surface area contributed by atoms with Gasteiger partial charge in [-0.2, -0.15) is 0 Å². The van der Waals surface area contributed by atoms with Gasteiger partial charge < -0.3 is 17.2 Å². The summed E-state index contributed by atoms with van der Waals surface area (Å²) in [5, 5.41) is 0. The molecule has 0 aromatic rings. The molecule has 0 aromatic carbocycles. The maximum atomic E-state index is 5.55. The summed E-state index contributed by atoms with van der Waals surface area (Å²) >= 11 is 0. The minimum Gasteiger partial charge on any atom is -0.401 e. The van der Waals surface area contributed by atoms with E-state index in [1.165, 1.54) is 0 Å². The van der Waals surface area contributed by atoms with Gasteiger partial charge in [0.15, 0.2) is 0 Å². The first kappa shape index (κ1) is 6.16. The van der Waals surface area contributed by atoms with Gasteiger partial charge in [0, 0.05) is 17.4 Å². The van der Waals surface area contributed by atoms with Crippen LogP contribution in [0.4, 0.5) is 0 Å². The molecule has 0 amide bonds. The van der Waals surface area contributed by atoms with Gasteiger partial charge >= 0.3 is 0 Å². The van der Waals surface area contributed by atoms with Crippen LogP contribution in [0.1, 0.15) is 6.42 Å². The van der Waals surface area contributed by atoms with Crippen molar-refractivity contribution in [2.75, 3.05) is 0 Å². The molecule has 0 spiro atoms. The number of rotatable bonds is 0. The molecule has 1 rings (SSSR count). The Labute approximate surface area is 54.2 Å². The SMILES string of the molecule is NC1=CCC(N)C(N)=C1. The fourth-order valence-corrected chi connectivity index (χ4v) is 0.758. The van der Waals surface area contributed by atoms with Crippen molar-refractivity contribution in [3.63, 3.8) is 0 Å². The van der Waals surface area contributed by atoms with Crippen LogP contribution in [-0.2, 0) is 0 Å². The minimum absolute atomic E-state index is 0.0303. The van der Waals surface area contributed by atoms with Gasteiger partial charge in [0.2, 0.25) is 0 Å². The van der Waals surface area contributed by atoms with Crippen molar-refractivity contribution < 1.29 is 0 Å². The summed E-state index contributed by atoms with van der Waals surface area (Å²) in [6, 6.07) is -0.0303. The molecule has 9 heavy (non-hydrogen) atoms. The lowest BCUT2D eigenvalue weighted by Gasteiger charge is -2.14. The highest BCUT2D eigenvalue weighted by atomic mass is 14.8. The molecular weight excluding hydrogens is 114 g/mol. The molecule has 1 unspecified atom stereocenters. The molecule has 0 radical (unpaired) electrons. The van der Waals surface area contributed by atoms with E-state index in [4.69, 9.17) is 17.2 Å². The number of nitrogens with two attached hydrogens (primary N) is 3. The summed E-state index contributed by atoms with van der Waals surface area (Å²) in [4.78, 5) is 0. The monoisotopic (exact) mass is 125 g/mol. The molecule has 0 fully saturated rings. The van der Waals surface area contributed by atoms with E-state index in [-0.39, 0.29) is 6.04 Å². The predicted molar refractivity (Wildman–Crippen MR) is 37.1 cm³/mol. The Balaban J connectivity index is 2.74. The third-order valence-electron chi connectivity index (χ3n) is 1.37. The summed E-state index contributed by atoms with van der Waals surface area (Å²) < 4.78 is 0. The van der Waals surface area contributed by atoms with E-state index in [9.17, 15) is 0 Å². The lowest BCUT2D eigenvalue weighted by molar-refractivity contribution is 0.756. The van der Waals surface area contributed by atoms with E-state index in [2.05, 4.69) is 0 Å². The fourth-order valence-electron chi connectivity index (χ4n) is 0.758. The molecule has 0 aromatic heterocycles. The average Bonchev–Trinajstić information content (AvgIpc) is 1.80. The van der Waals surface area contributed by atoms with Gasteiger partial charge in [0.25, 0.3) is 0 Å². The predicted octanol–water partition coefficient (Wildman–Crippen LogP) is -0.597. The molecule has 1 aliphatic carbocycles. The van der Waals surface area contributed by atoms with E-state index >= 15 is 0 Å². The zero-order valence-electron chi connectivity index (χ0n) is 5.17. The lowest BCUT2D eigenvalue weighted by Crippen LogP contribution is -2.29. The van der Waals surface area contributed by atoms with Crippen molar-refractivity contribution in [1.82, 2.24) is 0 Å². The molecular formula is C6H11N3. The van der Waals surface area contributed by atoms with Crippen molar-refractivity contribution in [3.8, 4) is 0 Å². The Morgan fingerprint density at radius 3 is 2.56 bits per heavy atom. The van der Waals surface area contributed by atoms with Crippen molar-refractivity contribution in [3.05, 3.63) is 23.5 Å². The maximum Gasteiger partial charge on any atom is 0.0478 e. The highest BCUT2D eigenvalue weighted by Crippen LogP contribution is 2.07. The number of hydrogen-bond acceptors (Lipinski definition) is 3. The minimum atomic E-state index is -0.0303. The summed E-state index contributed by atoms with van der Waals surface area (Å²) in [7, 11) is 0. The van der Waals surface area contributed by atoms with Crippen LogP contribution in [-0.4, -0.2) is 6.04 Å². The first-order valence-electron chi connectivity index (χ1n) is 2.88. The molecule has 6 N–H and O–H groups in total. The average molecular weight is 125 g/mol.